The maximum absolute atomic E-state index is 5.18. The Morgan fingerprint density at radius 3 is 3.00 bits per heavy atom. The summed E-state index contributed by atoms with van der Waals surface area (Å²) in [6.45, 7) is 2.23. The number of anilines is 1. The molecule has 0 N–H and O–H groups in total. The summed E-state index contributed by atoms with van der Waals surface area (Å²) in [4.78, 5) is 17.2. The Labute approximate surface area is 69.7 Å². The Morgan fingerprint density at radius 1 is 1.50 bits per heavy atom. The smallest absolute Gasteiger partial charge is 0.178 e. The molecule has 12 heavy (non-hydrogen) atoms. The summed E-state index contributed by atoms with van der Waals surface area (Å²) in [6.07, 6.45) is 4.86. The number of aromatic nitrogens is 2. The monoisotopic (exact) mass is 164 g/mol. The summed E-state index contributed by atoms with van der Waals surface area (Å²) in [7, 11) is 0. The van der Waals surface area contributed by atoms with Gasteiger partial charge in [0.05, 0.1) is 6.20 Å². The average molecular weight is 164 g/mol. The summed E-state index contributed by atoms with van der Waals surface area (Å²) in [5.74, 6) is 1.46. The third kappa shape index (κ3) is 1.14. The largest absolute Gasteiger partial charge is 0.259 e. The van der Waals surface area contributed by atoms with Crippen LogP contribution in [0.25, 0.3) is 0 Å². The maximum Gasteiger partial charge on any atom is 0.178 e. The van der Waals surface area contributed by atoms with Crippen LogP contribution in [0.2, 0.25) is 0 Å². The molecule has 0 spiro atoms. The van der Waals surface area contributed by atoms with Crippen LogP contribution in [0.15, 0.2) is 23.6 Å². The molecule has 1 aromatic rings. The summed E-state index contributed by atoms with van der Waals surface area (Å²) in [6, 6.07) is 0. The van der Waals surface area contributed by atoms with Crippen LogP contribution in [0.3, 0.4) is 0 Å². The molecule has 0 saturated carbocycles. The molecule has 0 unspecified atom stereocenters. The second-order valence-electron chi connectivity index (χ2n) is 2.32. The molecule has 5 heteroatoms. The highest BCUT2D eigenvalue weighted by Gasteiger charge is 2.16. The fourth-order valence-corrected chi connectivity index (χ4v) is 0.966. The molecule has 0 radical (unpaired) electrons. The molecule has 0 aromatic carbocycles. The first kappa shape index (κ1) is 7.17. The van der Waals surface area contributed by atoms with E-state index in [1.54, 1.807) is 23.7 Å². The van der Waals surface area contributed by atoms with Gasteiger partial charge in [0.25, 0.3) is 0 Å². The molecular formula is C7H8N4O. The molecule has 62 valence electrons. The van der Waals surface area contributed by atoms with Gasteiger partial charge in [-0.15, -0.1) is 0 Å². The van der Waals surface area contributed by atoms with E-state index in [1.807, 2.05) is 6.92 Å². The van der Waals surface area contributed by atoms with Crippen molar-refractivity contribution in [3.05, 3.63) is 18.6 Å². The first-order valence-electron chi connectivity index (χ1n) is 3.58. The summed E-state index contributed by atoms with van der Waals surface area (Å²) in [5, 5.41) is 1.56. The zero-order chi connectivity index (χ0) is 8.39. The van der Waals surface area contributed by atoms with E-state index in [0.717, 1.165) is 5.84 Å². The van der Waals surface area contributed by atoms with Crippen LogP contribution in [-0.2, 0) is 4.84 Å². The highest BCUT2D eigenvalue weighted by molar-refractivity contribution is 5.93. The third-order valence-electron chi connectivity index (χ3n) is 1.53. The van der Waals surface area contributed by atoms with Crippen molar-refractivity contribution in [2.45, 2.75) is 6.92 Å². The second kappa shape index (κ2) is 2.86. The van der Waals surface area contributed by atoms with E-state index in [9.17, 15) is 0 Å². The van der Waals surface area contributed by atoms with Crippen molar-refractivity contribution in [1.82, 2.24) is 9.97 Å². The molecule has 0 atom stereocenters. The van der Waals surface area contributed by atoms with Crippen LogP contribution in [0, 0.1) is 0 Å². The number of amidine groups is 1. The molecule has 1 aromatic heterocycles. The standard InChI is InChI=1S/C7H8N4O/c1-6-10-5-12-11(6)7-4-8-2-3-9-7/h2-4H,5H2,1H3. The van der Waals surface area contributed by atoms with Gasteiger partial charge < -0.3 is 0 Å². The Bertz CT molecular complexity index is 298. The average Bonchev–Trinajstić information content (AvgIpc) is 2.53. The van der Waals surface area contributed by atoms with E-state index in [-0.39, 0.29) is 0 Å². The van der Waals surface area contributed by atoms with E-state index in [1.165, 1.54) is 0 Å². The predicted molar refractivity (Wildman–Crippen MR) is 43.6 cm³/mol. The first-order valence-corrected chi connectivity index (χ1v) is 3.58. The molecule has 1 aliphatic rings. The Kier molecular flexibility index (Phi) is 1.71. The van der Waals surface area contributed by atoms with Gasteiger partial charge in [0.15, 0.2) is 12.5 Å². The fourth-order valence-electron chi connectivity index (χ4n) is 0.966. The van der Waals surface area contributed by atoms with Gasteiger partial charge in [-0.2, -0.15) is 5.06 Å². The first-order chi connectivity index (χ1) is 5.88. The lowest BCUT2D eigenvalue weighted by Crippen LogP contribution is -2.23. The van der Waals surface area contributed by atoms with Gasteiger partial charge in [-0.1, -0.05) is 0 Å². The minimum Gasteiger partial charge on any atom is -0.259 e. The molecular weight excluding hydrogens is 156 g/mol. The molecule has 0 saturated heterocycles. The van der Waals surface area contributed by atoms with Crippen molar-refractivity contribution in [1.29, 1.82) is 0 Å². The minimum absolute atomic E-state index is 0.363. The quantitative estimate of drug-likeness (QED) is 0.610. The fraction of sp³-hybridized carbons (Fsp3) is 0.286. The van der Waals surface area contributed by atoms with Gasteiger partial charge >= 0.3 is 0 Å². The molecule has 0 fully saturated rings. The minimum atomic E-state index is 0.363. The number of hydroxylamine groups is 1. The number of nitrogens with zero attached hydrogens (tertiary/aromatic N) is 4. The second-order valence-corrected chi connectivity index (χ2v) is 2.32. The van der Waals surface area contributed by atoms with Crippen molar-refractivity contribution >= 4 is 11.7 Å². The molecule has 1 aliphatic heterocycles. The van der Waals surface area contributed by atoms with Gasteiger partial charge in [-0.05, 0) is 6.92 Å². The number of aliphatic imine (C=N–C) groups is 1. The molecule has 0 bridgehead atoms. The normalized spacial score (nSPS) is 16.4. The lowest BCUT2D eigenvalue weighted by Gasteiger charge is -2.13. The Morgan fingerprint density at radius 2 is 2.42 bits per heavy atom. The van der Waals surface area contributed by atoms with Crippen molar-refractivity contribution < 1.29 is 4.84 Å². The van der Waals surface area contributed by atoms with Crippen molar-refractivity contribution in [2.24, 2.45) is 4.99 Å². The zero-order valence-corrected chi connectivity index (χ0v) is 6.64. The van der Waals surface area contributed by atoms with Crippen LogP contribution < -0.4 is 5.06 Å². The van der Waals surface area contributed by atoms with E-state index in [2.05, 4.69) is 15.0 Å². The van der Waals surface area contributed by atoms with E-state index < -0.39 is 0 Å². The Balaban J connectivity index is 2.27. The van der Waals surface area contributed by atoms with Crippen LogP contribution in [0.4, 0.5) is 5.82 Å². The lowest BCUT2D eigenvalue weighted by atomic mass is 10.6. The molecule has 2 rings (SSSR count). The van der Waals surface area contributed by atoms with Crippen LogP contribution in [0.5, 0.6) is 0 Å². The van der Waals surface area contributed by atoms with Crippen molar-refractivity contribution in [3.63, 3.8) is 0 Å². The number of hydrogen-bond donors (Lipinski definition) is 0. The van der Waals surface area contributed by atoms with Gasteiger partial charge in [0.2, 0.25) is 0 Å². The van der Waals surface area contributed by atoms with Gasteiger partial charge in [-0.25, -0.2) is 14.8 Å². The summed E-state index contributed by atoms with van der Waals surface area (Å²) in [5.41, 5.74) is 0. The van der Waals surface area contributed by atoms with Crippen LogP contribution in [0.1, 0.15) is 6.92 Å². The topological polar surface area (TPSA) is 50.6 Å². The van der Waals surface area contributed by atoms with E-state index >= 15 is 0 Å². The molecule has 5 nitrogen and oxygen atoms in total. The van der Waals surface area contributed by atoms with Crippen molar-refractivity contribution in [3.8, 4) is 0 Å². The molecule has 0 amide bonds. The number of rotatable bonds is 1. The Hall–Kier alpha value is -1.49. The molecule has 2 heterocycles. The van der Waals surface area contributed by atoms with E-state index in [0.29, 0.717) is 12.5 Å². The van der Waals surface area contributed by atoms with Crippen LogP contribution >= 0.6 is 0 Å². The highest BCUT2D eigenvalue weighted by Crippen LogP contribution is 2.12. The third-order valence-corrected chi connectivity index (χ3v) is 1.53. The van der Waals surface area contributed by atoms with Gasteiger partial charge in [0, 0.05) is 12.4 Å². The predicted octanol–water partition coefficient (Wildman–Crippen LogP) is 0.604. The highest BCUT2D eigenvalue weighted by atomic mass is 16.7. The zero-order valence-electron chi connectivity index (χ0n) is 6.64. The summed E-state index contributed by atoms with van der Waals surface area (Å²) >= 11 is 0. The van der Waals surface area contributed by atoms with Gasteiger partial charge in [-0.3, -0.25) is 4.98 Å². The number of hydrogen-bond acceptors (Lipinski definition) is 5. The molecule has 0 aliphatic carbocycles. The lowest BCUT2D eigenvalue weighted by molar-refractivity contribution is 0.171. The van der Waals surface area contributed by atoms with Crippen molar-refractivity contribution in [2.75, 3.05) is 11.8 Å². The van der Waals surface area contributed by atoms with E-state index in [4.69, 9.17) is 4.84 Å². The van der Waals surface area contributed by atoms with Gasteiger partial charge in [0.1, 0.15) is 5.84 Å². The SMILES string of the molecule is CC1=NCON1c1cnccn1. The maximum atomic E-state index is 5.18. The van der Waals surface area contributed by atoms with Crippen LogP contribution in [-0.4, -0.2) is 22.5 Å². The summed E-state index contributed by atoms with van der Waals surface area (Å²) < 4.78 is 0.